The summed E-state index contributed by atoms with van der Waals surface area (Å²) in [5.74, 6) is 0.768. The lowest BCUT2D eigenvalue weighted by molar-refractivity contribution is 0.546. The van der Waals surface area contributed by atoms with E-state index in [0.717, 1.165) is 19.3 Å². The molecule has 0 amide bonds. The first-order chi connectivity index (χ1) is 6.55. The van der Waals surface area contributed by atoms with Crippen molar-refractivity contribution in [2.45, 2.75) is 38.6 Å². The molecule has 5 heteroatoms. The van der Waals surface area contributed by atoms with Gasteiger partial charge < -0.3 is 5.73 Å². The number of hydrogen-bond acceptors (Lipinski definition) is 3. The summed E-state index contributed by atoms with van der Waals surface area (Å²) < 4.78 is 25.3. The lowest BCUT2D eigenvalue weighted by atomic mass is 10.2. The molecule has 14 heavy (non-hydrogen) atoms. The molecule has 4 nitrogen and oxygen atoms in total. The van der Waals surface area contributed by atoms with Crippen LogP contribution in [0, 0.1) is 5.92 Å². The highest BCUT2D eigenvalue weighted by atomic mass is 32.2. The van der Waals surface area contributed by atoms with Crippen molar-refractivity contribution in [1.82, 2.24) is 4.72 Å². The molecule has 0 aromatic carbocycles. The molecule has 1 aliphatic carbocycles. The largest absolute Gasteiger partial charge is 0.326 e. The minimum Gasteiger partial charge on any atom is -0.326 e. The molecule has 0 radical (unpaired) electrons. The molecule has 0 aliphatic heterocycles. The topological polar surface area (TPSA) is 72.2 Å². The van der Waals surface area contributed by atoms with E-state index >= 15 is 0 Å². The SMILES string of the molecule is CCCCS(=O)(=O)NCC(N)C1CC1. The van der Waals surface area contributed by atoms with E-state index < -0.39 is 10.0 Å². The van der Waals surface area contributed by atoms with Gasteiger partial charge in [0, 0.05) is 12.6 Å². The molecule has 0 heterocycles. The highest BCUT2D eigenvalue weighted by molar-refractivity contribution is 7.89. The Balaban J connectivity index is 2.20. The van der Waals surface area contributed by atoms with Crippen LogP contribution in [-0.4, -0.2) is 26.8 Å². The lowest BCUT2D eigenvalue weighted by Gasteiger charge is -2.11. The zero-order chi connectivity index (χ0) is 10.6. The van der Waals surface area contributed by atoms with Crippen LogP contribution < -0.4 is 10.5 Å². The molecular weight excluding hydrogens is 200 g/mol. The van der Waals surface area contributed by atoms with Crippen LogP contribution in [0.5, 0.6) is 0 Å². The maximum absolute atomic E-state index is 11.4. The summed E-state index contributed by atoms with van der Waals surface area (Å²) in [6.45, 7) is 2.38. The van der Waals surface area contributed by atoms with Crippen molar-refractivity contribution in [2.75, 3.05) is 12.3 Å². The third-order valence-electron chi connectivity index (χ3n) is 2.53. The molecule has 1 saturated carbocycles. The van der Waals surface area contributed by atoms with Crippen LogP contribution in [0.15, 0.2) is 0 Å². The van der Waals surface area contributed by atoms with Gasteiger partial charge in [0.05, 0.1) is 5.75 Å². The molecule has 3 N–H and O–H groups in total. The highest BCUT2D eigenvalue weighted by Gasteiger charge is 2.28. The maximum atomic E-state index is 11.4. The van der Waals surface area contributed by atoms with Crippen LogP contribution in [0.4, 0.5) is 0 Å². The average Bonchev–Trinajstić information content (AvgIpc) is 2.94. The second-order valence-corrected chi connectivity index (χ2v) is 5.95. The summed E-state index contributed by atoms with van der Waals surface area (Å²) in [6, 6.07) is 0.00593. The van der Waals surface area contributed by atoms with Gasteiger partial charge in [-0.1, -0.05) is 13.3 Å². The molecular formula is C9H20N2O2S. The summed E-state index contributed by atoms with van der Waals surface area (Å²) in [5, 5.41) is 0. The predicted molar refractivity (Wildman–Crippen MR) is 57.4 cm³/mol. The van der Waals surface area contributed by atoms with Crippen LogP contribution in [0.2, 0.25) is 0 Å². The number of hydrogen-bond donors (Lipinski definition) is 2. The van der Waals surface area contributed by atoms with Crippen molar-refractivity contribution in [3.05, 3.63) is 0 Å². The van der Waals surface area contributed by atoms with E-state index in [9.17, 15) is 8.42 Å². The third-order valence-corrected chi connectivity index (χ3v) is 3.97. The second kappa shape index (κ2) is 5.09. The van der Waals surface area contributed by atoms with Gasteiger partial charge in [-0.05, 0) is 25.2 Å². The first-order valence-corrected chi connectivity index (χ1v) is 6.93. The molecule has 0 spiro atoms. The number of sulfonamides is 1. The van der Waals surface area contributed by atoms with Gasteiger partial charge in [-0.2, -0.15) is 0 Å². The average molecular weight is 220 g/mol. The van der Waals surface area contributed by atoms with E-state index in [1.54, 1.807) is 0 Å². The molecule has 0 bridgehead atoms. The fourth-order valence-corrected chi connectivity index (χ4v) is 2.58. The summed E-state index contributed by atoms with van der Waals surface area (Å²) >= 11 is 0. The predicted octanol–water partition coefficient (Wildman–Crippen LogP) is 0.443. The first-order valence-electron chi connectivity index (χ1n) is 5.28. The van der Waals surface area contributed by atoms with Crippen molar-refractivity contribution in [2.24, 2.45) is 11.7 Å². The zero-order valence-corrected chi connectivity index (χ0v) is 9.52. The van der Waals surface area contributed by atoms with Crippen LogP contribution in [0.25, 0.3) is 0 Å². The zero-order valence-electron chi connectivity index (χ0n) is 8.70. The van der Waals surface area contributed by atoms with E-state index in [2.05, 4.69) is 4.72 Å². The van der Waals surface area contributed by atoms with E-state index in [1.807, 2.05) is 6.92 Å². The smallest absolute Gasteiger partial charge is 0.211 e. The van der Waals surface area contributed by atoms with Crippen LogP contribution in [0.3, 0.4) is 0 Å². The van der Waals surface area contributed by atoms with Crippen molar-refractivity contribution in [3.63, 3.8) is 0 Å². The van der Waals surface area contributed by atoms with E-state index in [-0.39, 0.29) is 11.8 Å². The van der Waals surface area contributed by atoms with Gasteiger partial charge in [0.1, 0.15) is 0 Å². The van der Waals surface area contributed by atoms with Gasteiger partial charge >= 0.3 is 0 Å². The summed E-state index contributed by atoms with van der Waals surface area (Å²) in [7, 11) is -3.07. The number of unbranched alkanes of at least 4 members (excludes halogenated alkanes) is 1. The first kappa shape index (κ1) is 11.9. The van der Waals surface area contributed by atoms with Crippen LogP contribution in [-0.2, 0) is 10.0 Å². The molecule has 1 fully saturated rings. The quantitative estimate of drug-likeness (QED) is 0.654. The summed E-state index contributed by atoms with van der Waals surface area (Å²) in [4.78, 5) is 0. The van der Waals surface area contributed by atoms with Crippen molar-refractivity contribution in [1.29, 1.82) is 0 Å². The van der Waals surface area contributed by atoms with E-state index in [1.165, 1.54) is 0 Å². The number of rotatable bonds is 7. The van der Waals surface area contributed by atoms with E-state index in [0.29, 0.717) is 18.9 Å². The molecule has 1 unspecified atom stereocenters. The van der Waals surface area contributed by atoms with Gasteiger partial charge in [-0.3, -0.25) is 0 Å². The Hall–Kier alpha value is -0.130. The minimum atomic E-state index is -3.07. The Bertz CT molecular complexity index is 260. The molecule has 0 saturated heterocycles. The number of nitrogens with one attached hydrogen (secondary N) is 1. The normalized spacial score (nSPS) is 19.6. The fraction of sp³-hybridized carbons (Fsp3) is 1.00. The minimum absolute atomic E-state index is 0.00593. The number of nitrogens with two attached hydrogens (primary N) is 1. The standard InChI is InChI=1S/C9H20N2O2S/c1-2-3-6-14(12,13)11-7-9(10)8-4-5-8/h8-9,11H,2-7,10H2,1H3. The Morgan fingerprint density at radius 1 is 1.50 bits per heavy atom. The van der Waals surface area contributed by atoms with Crippen molar-refractivity contribution in [3.8, 4) is 0 Å². The van der Waals surface area contributed by atoms with Gasteiger partial charge in [0.25, 0.3) is 0 Å². The molecule has 1 atom stereocenters. The monoisotopic (exact) mass is 220 g/mol. The van der Waals surface area contributed by atoms with Gasteiger partial charge in [-0.25, -0.2) is 13.1 Å². The van der Waals surface area contributed by atoms with Crippen LogP contribution >= 0.6 is 0 Å². The molecule has 1 aliphatic rings. The molecule has 0 aromatic heterocycles. The fourth-order valence-electron chi connectivity index (χ4n) is 1.32. The van der Waals surface area contributed by atoms with E-state index in [4.69, 9.17) is 5.73 Å². The molecule has 1 rings (SSSR count). The molecule has 0 aromatic rings. The van der Waals surface area contributed by atoms with Crippen molar-refractivity contribution < 1.29 is 8.42 Å². The summed E-state index contributed by atoms with van der Waals surface area (Å²) in [6.07, 6.45) is 3.92. The van der Waals surface area contributed by atoms with Crippen molar-refractivity contribution >= 4 is 10.0 Å². The summed E-state index contributed by atoms with van der Waals surface area (Å²) in [5.41, 5.74) is 5.79. The maximum Gasteiger partial charge on any atom is 0.211 e. The molecule has 84 valence electrons. The van der Waals surface area contributed by atoms with Crippen LogP contribution in [0.1, 0.15) is 32.6 Å². The van der Waals surface area contributed by atoms with Gasteiger partial charge in [0.15, 0.2) is 0 Å². The Morgan fingerprint density at radius 2 is 2.14 bits per heavy atom. The lowest BCUT2D eigenvalue weighted by Crippen LogP contribution is -2.39. The Kier molecular flexibility index (Phi) is 4.34. The third kappa shape index (κ3) is 4.39. The van der Waals surface area contributed by atoms with Gasteiger partial charge in [-0.15, -0.1) is 0 Å². The Labute approximate surface area is 86.3 Å². The highest BCUT2D eigenvalue weighted by Crippen LogP contribution is 2.31. The van der Waals surface area contributed by atoms with Gasteiger partial charge in [0.2, 0.25) is 10.0 Å². The Morgan fingerprint density at radius 3 is 2.64 bits per heavy atom. The second-order valence-electron chi connectivity index (χ2n) is 4.02.